The van der Waals surface area contributed by atoms with E-state index in [1.54, 1.807) is 31.2 Å². The summed E-state index contributed by atoms with van der Waals surface area (Å²) < 4.78 is 0. The first-order valence-electron chi connectivity index (χ1n) is 6.29. The summed E-state index contributed by atoms with van der Waals surface area (Å²) in [7, 11) is 0. The first-order valence-corrected chi connectivity index (χ1v) is 6.29. The van der Waals surface area contributed by atoms with Gasteiger partial charge in [0, 0.05) is 18.4 Å². The summed E-state index contributed by atoms with van der Waals surface area (Å²) in [5.74, 6) is -0.720. The zero-order chi connectivity index (χ0) is 14.5. The van der Waals surface area contributed by atoms with E-state index >= 15 is 0 Å². The van der Waals surface area contributed by atoms with E-state index in [0.717, 1.165) is 4.90 Å². The predicted molar refractivity (Wildman–Crippen MR) is 73.0 cm³/mol. The van der Waals surface area contributed by atoms with Crippen LogP contribution in [0.25, 0.3) is 0 Å². The second-order valence-electron chi connectivity index (χ2n) is 4.53. The second-order valence-corrected chi connectivity index (χ2v) is 4.53. The van der Waals surface area contributed by atoms with E-state index in [-0.39, 0.29) is 37.1 Å². The van der Waals surface area contributed by atoms with Crippen LogP contribution in [0.2, 0.25) is 0 Å². The molecule has 0 atom stereocenters. The molecular weight excluding hydrogens is 258 g/mol. The Labute approximate surface area is 116 Å². The molecule has 1 fully saturated rings. The molecule has 0 radical (unpaired) electrons. The number of hydrogen-bond donors (Lipinski definition) is 1. The lowest BCUT2D eigenvalue weighted by Gasteiger charge is -2.12. The number of hydrogen-bond acceptors (Lipinski definition) is 4. The third kappa shape index (κ3) is 3.28. The molecule has 6 nitrogen and oxygen atoms in total. The molecule has 1 saturated heterocycles. The molecule has 1 aliphatic rings. The van der Waals surface area contributed by atoms with Gasteiger partial charge in [-0.05, 0) is 19.1 Å². The molecule has 0 unspecified atom stereocenters. The molecule has 2 rings (SSSR count). The van der Waals surface area contributed by atoms with E-state index in [1.165, 1.54) is 0 Å². The summed E-state index contributed by atoms with van der Waals surface area (Å²) in [6.45, 7) is 1.77. The van der Waals surface area contributed by atoms with E-state index in [1.807, 2.05) is 6.07 Å². The number of carbonyl (C=O) groups is 3. The van der Waals surface area contributed by atoms with Crippen molar-refractivity contribution in [1.82, 2.24) is 10.3 Å². The topological polar surface area (TPSA) is 78.8 Å². The van der Waals surface area contributed by atoms with Crippen molar-refractivity contribution in [2.45, 2.75) is 19.8 Å². The molecule has 1 aromatic carbocycles. The van der Waals surface area contributed by atoms with Gasteiger partial charge < -0.3 is 0 Å². The Balaban J connectivity index is 1.93. The van der Waals surface area contributed by atoms with Crippen molar-refractivity contribution in [3.05, 3.63) is 35.9 Å². The molecular formula is C14H15N3O3. The average Bonchev–Trinajstić information content (AvgIpc) is 2.77. The SMILES string of the molecule is CC(CN1C(=O)CCC1=O)=NNC(=O)c1ccccc1. The van der Waals surface area contributed by atoms with E-state index in [9.17, 15) is 14.4 Å². The fourth-order valence-electron chi connectivity index (χ4n) is 1.86. The van der Waals surface area contributed by atoms with Gasteiger partial charge in [-0.15, -0.1) is 0 Å². The first-order chi connectivity index (χ1) is 9.58. The van der Waals surface area contributed by atoms with Crippen molar-refractivity contribution in [3.63, 3.8) is 0 Å². The maximum Gasteiger partial charge on any atom is 0.271 e. The van der Waals surface area contributed by atoms with Crippen molar-refractivity contribution >= 4 is 23.4 Å². The van der Waals surface area contributed by atoms with Gasteiger partial charge in [0.15, 0.2) is 0 Å². The standard InChI is InChI=1S/C14H15N3O3/c1-10(9-17-12(18)7-8-13(17)19)15-16-14(20)11-5-3-2-4-6-11/h2-6H,7-9H2,1H3,(H,16,20). The predicted octanol–water partition coefficient (Wildman–Crippen LogP) is 0.941. The number of imide groups is 1. The molecule has 1 heterocycles. The van der Waals surface area contributed by atoms with Gasteiger partial charge >= 0.3 is 0 Å². The van der Waals surface area contributed by atoms with Crippen LogP contribution < -0.4 is 5.43 Å². The van der Waals surface area contributed by atoms with Gasteiger partial charge in [-0.1, -0.05) is 18.2 Å². The smallest absolute Gasteiger partial charge is 0.271 e. The Bertz CT molecular complexity index is 550. The highest BCUT2D eigenvalue weighted by Crippen LogP contribution is 2.11. The maximum atomic E-state index is 11.7. The van der Waals surface area contributed by atoms with Gasteiger partial charge in [0.25, 0.3) is 5.91 Å². The van der Waals surface area contributed by atoms with Crippen molar-refractivity contribution in [1.29, 1.82) is 0 Å². The van der Waals surface area contributed by atoms with Crippen molar-refractivity contribution in [2.24, 2.45) is 5.10 Å². The Kier molecular flexibility index (Phi) is 4.24. The summed E-state index contributed by atoms with van der Waals surface area (Å²) in [4.78, 5) is 35.8. The molecule has 1 N–H and O–H groups in total. The molecule has 20 heavy (non-hydrogen) atoms. The minimum Gasteiger partial charge on any atom is -0.277 e. The van der Waals surface area contributed by atoms with Crippen LogP contribution in [-0.2, 0) is 9.59 Å². The minimum absolute atomic E-state index is 0.118. The maximum absolute atomic E-state index is 11.7. The van der Waals surface area contributed by atoms with Gasteiger partial charge in [-0.3, -0.25) is 19.3 Å². The molecule has 0 aliphatic carbocycles. The number of carbonyl (C=O) groups excluding carboxylic acids is 3. The number of hydrazone groups is 1. The van der Waals surface area contributed by atoms with Crippen LogP contribution in [0.15, 0.2) is 35.4 Å². The summed E-state index contributed by atoms with van der Waals surface area (Å²) in [6, 6.07) is 8.68. The molecule has 1 aliphatic heterocycles. The number of amides is 3. The van der Waals surface area contributed by atoms with Crippen molar-refractivity contribution < 1.29 is 14.4 Å². The normalized spacial score (nSPS) is 15.7. The molecule has 0 spiro atoms. The summed E-state index contributed by atoms with van der Waals surface area (Å²) in [5.41, 5.74) is 3.40. The lowest BCUT2D eigenvalue weighted by atomic mass is 10.2. The molecule has 1 aromatic rings. The van der Waals surface area contributed by atoms with E-state index < -0.39 is 0 Å². The monoisotopic (exact) mass is 273 g/mol. The zero-order valence-electron chi connectivity index (χ0n) is 11.1. The third-order valence-electron chi connectivity index (χ3n) is 2.93. The Morgan fingerprint density at radius 1 is 1.20 bits per heavy atom. The Morgan fingerprint density at radius 2 is 1.80 bits per heavy atom. The van der Waals surface area contributed by atoms with Crippen LogP contribution in [0.5, 0.6) is 0 Å². The van der Waals surface area contributed by atoms with E-state index in [0.29, 0.717) is 11.3 Å². The van der Waals surface area contributed by atoms with Crippen LogP contribution in [0, 0.1) is 0 Å². The van der Waals surface area contributed by atoms with Crippen LogP contribution in [0.4, 0.5) is 0 Å². The third-order valence-corrected chi connectivity index (χ3v) is 2.93. The lowest BCUT2D eigenvalue weighted by molar-refractivity contribution is -0.137. The van der Waals surface area contributed by atoms with E-state index in [4.69, 9.17) is 0 Å². The molecule has 0 bridgehead atoms. The molecule has 0 saturated carbocycles. The number of nitrogens with zero attached hydrogens (tertiary/aromatic N) is 2. The van der Waals surface area contributed by atoms with Crippen LogP contribution in [0.1, 0.15) is 30.1 Å². The van der Waals surface area contributed by atoms with Gasteiger partial charge in [0.05, 0.1) is 12.3 Å². The molecule has 0 aromatic heterocycles. The quantitative estimate of drug-likeness (QED) is 0.504. The highest BCUT2D eigenvalue weighted by molar-refractivity contribution is 6.05. The number of likely N-dealkylation sites (tertiary alicyclic amines) is 1. The zero-order valence-corrected chi connectivity index (χ0v) is 11.1. The Morgan fingerprint density at radius 3 is 2.40 bits per heavy atom. The van der Waals surface area contributed by atoms with Gasteiger partial charge in [0.1, 0.15) is 0 Å². The van der Waals surface area contributed by atoms with Crippen LogP contribution in [-0.4, -0.2) is 34.9 Å². The molecule has 6 heteroatoms. The second kappa shape index (κ2) is 6.10. The lowest BCUT2D eigenvalue weighted by Crippen LogP contribution is -2.34. The number of benzene rings is 1. The largest absolute Gasteiger partial charge is 0.277 e. The summed E-state index contributed by atoms with van der Waals surface area (Å²) in [5, 5.41) is 3.90. The van der Waals surface area contributed by atoms with Crippen molar-refractivity contribution in [2.75, 3.05) is 6.54 Å². The fourth-order valence-corrected chi connectivity index (χ4v) is 1.86. The summed E-state index contributed by atoms with van der Waals surface area (Å²) in [6.07, 6.45) is 0.505. The molecule has 104 valence electrons. The Hall–Kier alpha value is -2.50. The van der Waals surface area contributed by atoms with Crippen LogP contribution in [0.3, 0.4) is 0 Å². The fraction of sp³-hybridized carbons (Fsp3) is 0.286. The van der Waals surface area contributed by atoms with E-state index in [2.05, 4.69) is 10.5 Å². The number of nitrogens with one attached hydrogen (secondary N) is 1. The average molecular weight is 273 g/mol. The molecule has 3 amide bonds. The van der Waals surface area contributed by atoms with Gasteiger partial charge in [-0.25, -0.2) is 5.43 Å². The van der Waals surface area contributed by atoms with Gasteiger partial charge in [-0.2, -0.15) is 5.10 Å². The first kappa shape index (κ1) is 13.9. The van der Waals surface area contributed by atoms with Crippen molar-refractivity contribution in [3.8, 4) is 0 Å². The summed E-state index contributed by atoms with van der Waals surface area (Å²) >= 11 is 0. The number of rotatable bonds is 4. The highest BCUT2D eigenvalue weighted by atomic mass is 16.2. The highest BCUT2D eigenvalue weighted by Gasteiger charge is 2.28. The van der Waals surface area contributed by atoms with Gasteiger partial charge in [0.2, 0.25) is 11.8 Å². The van der Waals surface area contributed by atoms with Crippen LogP contribution >= 0.6 is 0 Å². The minimum atomic E-state index is -0.330.